The molecular formula is C19H26N4O3. The van der Waals surface area contributed by atoms with E-state index < -0.39 is 0 Å². The lowest BCUT2D eigenvalue weighted by Crippen LogP contribution is -2.49. The Labute approximate surface area is 152 Å². The zero-order valence-electron chi connectivity index (χ0n) is 15.0. The highest BCUT2D eigenvalue weighted by atomic mass is 16.5. The summed E-state index contributed by atoms with van der Waals surface area (Å²) in [7, 11) is 0. The third kappa shape index (κ3) is 3.75. The van der Waals surface area contributed by atoms with Gasteiger partial charge in [0, 0.05) is 44.5 Å². The monoisotopic (exact) mass is 358 g/mol. The molecule has 2 saturated heterocycles. The average Bonchev–Trinajstić information content (AvgIpc) is 2.65. The molecule has 0 radical (unpaired) electrons. The van der Waals surface area contributed by atoms with E-state index in [-0.39, 0.29) is 11.3 Å². The van der Waals surface area contributed by atoms with Crippen molar-refractivity contribution in [3.05, 3.63) is 40.4 Å². The number of pyridine rings is 1. The van der Waals surface area contributed by atoms with Gasteiger partial charge in [0.1, 0.15) is 0 Å². The second-order valence-corrected chi connectivity index (χ2v) is 7.21. The standard InChI is InChI=1S/C19H26N4O3/c24-17-5-3-7-23-18(25)12-15(20-19(17)23)13-22-6-2-1-4-16(22)14-21-8-10-26-11-9-21/h3,5,7,12,16,24H,1-2,4,6,8-11,13-14H2. The van der Waals surface area contributed by atoms with Crippen molar-refractivity contribution in [3.8, 4) is 5.75 Å². The largest absolute Gasteiger partial charge is 0.504 e. The van der Waals surface area contributed by atoms with Crippen molar-refractivity contribution in [3.63, 3.8) is 0 Å². The summed E-state index contributed by atoms with van der Waals surface area (Å²) < 4.78 is 6.84. The molecule has 140 valence electrons. The number of rotatable bonds is 4. The van der Waals surface area contributed by atoms with E-state index in [4.69, 9.17) is 4.74 Å². The summed E-state index contributed by atoms with van der Waals surface area (Å²) in [6.45, 7) is 6.33. The highest BCUT2D eigenvalue weighted by Crippen LogP contribution is 2.21. The molecule has 7 nitrogen and oxygen atoms in total. The van der Waals surface area contributed by atoms with Crippen molar-refractivity contribution in [1.29, 1.82) is 0 Å². The molecule has 0 bridgehead atoms. The number of ether oxygens (including phenoxy) is 1. The van der Waals surface area contributed by atoms with E-state index in [1.807, 2.05) is 0 Å². The van der Waals surface area contributed by atoms with Gasteiger partial charge >= 0.3 is 0 Å². The molecule has 2 aliphatic rings. The third-order valence-electron chi connectivity index (χ3n) is 5.41. The first-order chi connectivity index (χ1) is 12.7. The summed E-state index contributed by atoms with van der Waals surface area (Å²) in [5.41, 5.74) is 0.907. The fourth-order valence-corrected chi connectivity index (χ4v) is 4.00. The van der Waals surface area contributed by atoms with Crippen molar-refractivity contribution >= 4 is 5.65 Å². The summed E-state index contributed by atoms with van der Waals surface area (Å²) in [5.74, 6) is 0.0370. The van der Waals surface area contributed by atoms with Crippen molar-refractivity contribution < 1.29 is 9.84 Å². The summed E-state index contributed by atoms with van der Waals surface area (Å²) in [6.07, 6.45) is 5.24. The molecule has 1 N–H and O–H groups in total. The van der Waals surface area contributed by atoms with Crippen LogP contribution in [0.15, 0.2) is 29.2 Å². The summed E-state index contributed by atoms with van der Waals surface area (Å²) in [5, 5.41) is 10.0. The first-order valence-corrected chi connectivity index (χ1v) is 9.45. The Morgan fingerprint density at radius 3 is 2.92 bits per heavy atom. The first kappa shape index (κ1) is 17.5. The van der Waals surface area contributed by atoms with E-state index in [9.17, 15) is 9.90 Å². The van der Waals surface area contributed by atoms with Crippen molar-refractivity contribution in [2.24, 2.45) is 0 Å². The van der Waals surface area contributed by atoms with E-state index >= 15 is 0 Å². The number of piperidine rings is 1. The number of morpholine rings is 1. The van der Waals surface area contributed by atoms with Crippen LogP contribution in [0.3, 0.4) is 0 Å². The van der Waals surface area contributed by atoms with E-state index in [0.29, 0.717) is 18.2 Å². The average molecular weight is 358 g/mol. The number of hydrogen-bond acceptors (Lipinski definition) is 6. The van der Waals surface area contributed by atoms with Gasteiger partial charge in [0.15, 0.2) is 11.4 Å². The van der Waals surface area contributed by atoms with Crippen molar-refractivity contribution in [2.45, 2.75) is 31.8 Å². The molecule has 4 heterocycles. The summed E-state index contributed by atoms with van der Waals surface area (Å²) in [6, 6.07) is 5.28. The van der Waals surface area contributed by atoms with Crippen LogP contribution < -0.4 is 5.56 Å². The lowest BCUT2D eigenvalue weighted by atomic mass is 10.0. The maximum Gasteiger partial charge on any atom is 0.258 e. The Balaban J connectivity index is 1.53. The molecule has 2 aromatic rings. The Bertz CT molecular complexity index is 816. The SMILES string of the molecule is O=c1cc(CN2CCCCC2CN2CCOCC2)nc2c(O)cccn12. The van der Waals surface area contributed by atoms with Crippen molar-refractivity contribution in [1.82, 2.24) is 19.2 Å². The van der Waals surface area contributed by atoms with Gasteiger partial charge in [-0.25, -0.2) is 4.98 Å². The predicted octanol–water partition coefficient (Wildman–Crippen LogP) is 1.09. The topological polar surface area (TPSA) is 70.3 Å². The Hall–Kier alpha value is -1.96. The van der Waals surface area contributed by atoms with Gasteiger partial charge in [0.25, 0.3) is 5.56 Å². The molecule has 26 heavy (non-hydrogen) atoms. The van der Waals surface area contributed by atoms with Crippen LogP contribution in [-0.2, 0) is 11.3 Å². The first-order valence-electron chi connectivity index (χ1n) is 9.45. The zero-order chi connectivity index (χ0) is 17.9. The van der Waals surface area contributed by atoms with Gasteiger partial charge in [-0.2, -0.15) is 0 Å². The molecule has 0 spiro atoms. The maximum absolute atomic E-state index is 12.4. The minimum Gasteiger partial charge on any atom is -0.504 e. The Morgan fingerprint density at radius 1 is 1.23 bits per heavy atom. The van der Waals surface area contributed by atoms with E-state index in [1.54, 1.807) is 24.4 Å². The number of aromatic nitrogens is 2. The van der Waals surface area contributed by atoms with Crippen LogP contribution >= 0.6 is 0 Å². The summed E-state index contributed by atoms with van der Waals surface area (Å²) >= 11 is 0. The quantitative estimate of drug-likeness (QED) is 0.882. The van der Waals surface area contributed by atoms with Crippen LogP contribution in [0.2, 0.25) is 0 Å². The molecule has 4 rings (SSSR count). The molecule has 2 aliphatic heterocycles. The molecule has 0 aromatic carbocycles. The summed E-state index contributed by atoms with van der Waals surface area (Å²) in [4.78, 5) is 21.8. The van der Waals surface area contributed by atoms with Crippen LogP contribution in [-0.4, -0.2) is 69.7 Å². The molecule has 0 amide bonds. The fraction of sp³-hybridized carbons (Fsp3) is 0.579. The van der Waals surface area contributed by atoms with E-state index in [0.717, 1.165) is 45.1 Å². The van der Waals surface area contributed by atoms with Gasteiger partial charge in [0.05, 0.1) is 18.9 Å². The lowest BCUT2D eigenvalue weighted by Gasteiger charge is -2.39. The van der Waals surface area contributed by atoms with Crippen LogP contribution in [0.25, 0.3) is 5.65 Å². The zero-order valence-corrected chi connectivity index (χ0v) is 15.0. The van der Waals surface area contributed by atoms with Gasteiger partial charge in [-0.1, -0.05) is 6.42 Å². The third-order valence-corrected chi connectivity index (χ3v) is 5.41. The Kier molecular flexibility index (Phi) is 5.19. The second-order valence-electron chi connectivity index (χ2n) is 7.21. The van der Waals surface area contributed by atoms with E-state index in [1.165, 1.54) is 23.7 Å². The molecule has 2 aromatic heterocycles. The highest BCUT2D eigenvalue weighted by Gasteiger charge is 2.26. The van der Waals surface area contributed by atoms with E-state index in [2.05, 4.69) is 14.8 Å². The molecule has 0 saturated carbocycles. The minimum absolute atomic E-state index is 0.0370. The van der Waals surface area contributed by atoms with Gasteiger partial charge in [-0.05, 0) is 31.5 Å². The molecule has 2 fully saturated rings. The minimum atomic E-state index is -0.150. The highest BCUT2D eigenvalue weighted by molar-refractivity contribution is 5.52. The number of nitrogens with zero attached hydrogens (tertiary/aromatic N) is 4. The number of hydrogen-bond donors (Lipinski definition) is 1. The predicted molar refractivity (Wildman–Crippen MR) is 98.4 cm³/mol. The molecule has 1 atom stereocenters. The van der Waals surface area contributed by atoms with Gasteiger partial charge in [-0.15, -0.1) is 0 Å². The Morgan fingerprint density at radius 2 is 2.08 bits per heavy atom. The second kappa shape index (κ2) is 7.73. The van der Waals surface area contributed by atoms with Gasteiger partial charge in [-0.3, -0.25) is 19.0 Å². The molecular weight excluding hydrogens is 332 g/mol. The smallest absolute Gasteiger partial charge is 0.258 e. The maximum atomic E-state index is 12.4. The van der Waals surface area contributed by atoms with Crippen LogP contribution in [0.5, 0.6) is 5.75 Å². The van der Waals surface area contributed by atoms with Crippen LogP contribution in [0.1, 0.15) is 25.0 Å². The van der Waals surface area contributed by atoms with Gasteiger partial charge in [0.2, 0.25) is 0 Å². The van der Waals surface area contributed by atoms with Crippen LogP contribution in [0, 0.1) is 0 Å². The number of likely N-dealkylation sites (tertiary alicyclic amines) is 1. The van der Waals surface area contributed by atoms with Crippen LogP contribution in [0.4, 0.5) is 0 Å². The van der Waals surface area contributed by atoms with Gasteiger partial charge < -0.3 is 9.84 Å². The normalized spacial score (nSPS) is 22.7. The fourth-order valence-electron chi connectivity index (χ4n) is 4.00. The number of aromatic hydroxyl groups is 1. The molecule has 0 aliphatic carbocycles. The molecule has 1 unspecified atom stereocenters. The number of fused-ring (bicyclic) bond motifs is 1. The lowest BCUT2D eigenvalue weighted by molar-refractivity contribution is 0.0151. The molecule has 7 heteroatoms. The van der Waals surface area contributed by atoms with Crippen molar-refractivity contribution in [2.75, 3.05) is 39.4 Å².